The van der Waals surface area contributed by atoms with Gasteiger partial charge in [0.2, 0.25) is 10.0 Å². The fraction of sp³-hybridized carbons (Fsp3) is 0.455. The number of hydrogen-bond donors (Lipinski definition) is 1. The molecule has 1 aromatic carbocycles. The minimum Gasteiger partial charge on any atom is -0.208 e. The lowest BCUT2D eigenvalue weighted by Gasteiger charge is -2.19. The van der Waals surface area contributed by atoms with Gasteiger partial charge in [0.25, 0.3) is 0 Å². The first-order chi connectivity index (χ1) is 8.27. The normalized spacial score (nSPS) is 15.4. The quantitative estimate of drug-likeness (QED) is 0.798. The van der Waals surface area contributed by atoms with Crippen molar-refractivity contribution in [3.8, 4) is 0 Å². The Labute approximate surface area is 126 Å². The molecule has 1 N–H and O–H groups in total. The summed E-state index contributed by atoms with van der Waals surface area (Å²) in [6, 6.07) is 4.16. The minimum atomic E-state index is -3.66. The van der Waals surface area contributed by atoms with Crippen molar-refractivity contribution >= 4 is 49.2 Å². The second kappa shape index (κ2) is 6.57. The summed E-state index contributed by atoms with van der Waals surface area (Å²) < 4.78 is 26.9. The summed E-state index contributed by atoms with van der Waals surface area (Å²) in [5.41, 5.74) is 0. The van der Waals surface area contributed by atoms with Crippen LogP contribution in [0.5, 0.6) is 0 Å². The van der Waals surface area contributed by atoms with Gasteiger partial charge in [0, 0.05) is 16.4 Å². The van der Waals surface area contributed by atoms with E-state index in [2.05, 4.69) is 20.7 Å². The molecule has 0 aromatic heterocycles. The topological polar surface area (TPSA) is 46.2 Å². The Kier molecular flexibility index (Phi) is 5.93. The van der Waals surface area contributed by atoms with Crippen LogP contribution in [0.25, 0.3) is 0 Å². The van der Waals surface area contributed by atoms with Gasteiger partial charge in [0.15, 0.2) is 0 Å². The first-order valence-corrected chi connectivity index (χ1v) is 8.67. The number of nitrogens with one attached hydrogen (secondary N) is 1. The second-order valence-electron chi connectivity index (χ2n) is 4.12. The summed E-state index contributed by atoms with van der Waals surface area (Å²) in [5.74, 6) is 0.165. The molecular formula is C11H14BrCl2NO2S. The highest BCUT2D eigenvalue weighted by Crippen LogP contribution is 2.25. The van der Waals surface area contributed by atoms with E-state index in [1.165, 1.54) is 12.1 Å². The Morgan fingerprint density at radius 1 is 1.33 bits per heavy atom. The van der Waals surface area contributed by atoms with Gasteiger partial charge < -0.3 is 0 Å². The molecule has 1 aromatic rings. The lowest BCUT2D eigenvalue weighted by molar-refractivity contribution is 0.484. The first-order valence-electron chi connectivity index (χ1n) is 5.31. The fourth-order valence-corrected chi connectivity index (χ4v) is 3.92. The van der Waals surface area contributed by atoms with Gasteiger partial charge in [0.05, 0.1) is 5.02 Å². The summed E-state index contributed by atoms with van der Waals surface area (Å²) in [6.45, 7) is 3.75. The maximum Gasteiger partial charge on any atom is 0.242 e. The van der Waals surface area contributed by atoms with E-state index in [4.69, 9.17) is 23.2 Å². The molecule has 0 heterocycles. The number of sulfonamides is 1. The summed E-state index contributed by atoms with van der Waals surface area (Å²) >= 11 is 15.0. The molecule has 7 heteroatoms. The lowest BCUT2D eigenvalue weighted by atomic mass is 10.1. The van der Waals surface area contributed by atoms with Gasteiger partial charge in [-0.2, -0.15) is 0 Å². The van der Waals surface area contributed by atoms with Crippen molar-refractivity contribution in [2.45, 2.75) is 24.8 Å². The van der Waals surface area contributed by atoms with E-state index in [1.807, 2.05) is 13.8 Å². The van der Waals surface area contributed by atoms with Crippen molar-refractivity contribution in [1.82, 2.24) is 4.72 Å². The monoisotopic (exact) mass is 373 g/mol. The average molecular weight is 375 g/mol. The van der Waals surface area contributed by atoms with Crippen LogP contribution in [-0.2, 0) is 10.0 Å². The molecule has 0 radical (unpaired) electrons. The Hall–Kier alpha value is 0.190. The maximum atomic E-state index is 12.2. The molecule has 0 saturated carbocycles. The van der Waals surface area contributed by atoms with Gasteiger partial charge in [-0.3, -0.25) is 0 Å². The Balaban J connectivity index is 3.03. The minimum absolute atomic E-state index is 0.00490. The average Bonchev–Trinajstić information content (AvgIpc) is 2.30. The Morgan fingerprint density at radius 3 is 2.50 bits per heavy atom. The summed E-state index contributed by atoms with van der Waals surface area (Å²) in [4.78, 5) is 0.00490. The number of benzene rings is 1. The third-order valence-electron chi connectivity index (χ3n) is 2.62. The van der Waals surface area contributed by atoms with Gasteiger partial charge in [-0.1, -0.05) is 46.1 Å². The lowest BCUT2D eigenvalue weighted by Crippen LogP contribution is -2.37. The molecule has 18 heavy (non-hydrogen) atoms. The molecule has 0 amide bonds. The molecular weight excluding hydrogens is 361 g/mol. The van der Waals surface area contributed by atoms with Gasteiger partial charge in [-0.05, 0) is 31.0 Å². The summed E-state index contributed by atoms with van der Waals surface area (Å²) in [6.07, 6.45) is 0. The number of rotatable bonds is 5. The van der Waals surface area contributed by atoms with E-state index in [-0.39, 0.29) is 21.9 Å². The van der Waals surface area contributed by atoms with Crippen molar-refractivity contribution < 1.29 is 8.42 Å². The molecule has 1 rings (SSSR count). The molecule has 0 spiro atoms. The van der Waals surface area contributed by atoms with Crippen LogP contribution in [0.4, 0.5) is 0 Å². The molecule has 102 valence electrons. The first kappa shape index (κ1) is 16.2. The highest BCUT2D eigenvalue weighted by atomic mass is 79.9. The summed E-state index contributed by atoms with van der Waals surface area (Å²) in [5, 5.41) is 1.20. The molecule has 3 nitrogen and oxygen atoms in total. The zero-order valence-electron chi connectivity index (χ0n) is 9.95. The molecule has 0 aliphatic rings. The van der Waals surface area contributed by atoms with E-state index in [1.54, 1.807) is 6.07 Å². The van der Waals surface area contributed by atoms with Crippen LogP contribution in [0.2, 0.25) is 10.0 Å². The van der Waals surface area contributed by atoms with Crippen molar-refractivity contribution in [1.29, 1.82) is 0 Å². The molecule has 2 atom stereocenters. The zero-order chi connectivity index (χ0) is 13.9. The highest BCUT2D eigenvalue weighted by Gasteiger charge is 2.23. The van der Waals surface area contributed by atoms with E-state index in [0.29, 0.717) is 10.4 Å². The Morgan fingerprint density at radius 2 is 1.94 bits per heavy atom. The Bertz CT molecular complexity index is 522. The molecule has 0 fully saturated rings. The molecule has 2 unspecified atom stereocenters. The van der Waals surface area contributed by atoms with Crippen LogP contribution in [0.15, 0.2) is 23.1 Å². The standard InChI is InChI=1S/C11H14BrCl2NO2S/c1-7(6-12)8(2)15-18(16,17)11-5-9(13)3-4-10(11)14/h3-5,7-8,15H,6H2,1-2H3. The number of hydrogen-bond acceptors (Lipinski definition) is 2. The maximum absolute atomic E-state index is 12.2. The van der Waals surface area contributed by atoms with Crippen LogP contribution in [-0.4, -0.2) is 19.8 Å². The van der Waals surface area contributed by atoms with Crippen molar-refractivity contribution in [3.05, 3.63) is 28.2 Å². The smallest absolute Gasteiger partial charge is 0.208 e. The predicted molar refractivity (Wildman–Crippen MR) is 79.2 cm³/mol. The predicted octanol–water partition coefficient (Wildman–Crippen LogP) is 3.69. The number of halogens is 3. The third-order valence-corrected chi connectivity index (χ3v) is 5.92. The van der Waals surface area contributed by atoms with Crippen LogP contribution in [0, 0.1) is 5.92 Å². The fourth-order valence-electron chi connectivity index (χ4n) is 1.24. The van der Waals surface area contributed by atoms with Crippen LogP contribution in [0.3, 0.4) is 0 Å². The van der Waals surface area contributed by atoms with Gasteiger partial charge in [-0.25, -0.2) is 13.1 Å². The van der Waals surface area contributed by atoms with Crippen molar-refractivity contribution in [3.63, 3.8) is 0 Å². The zero-order valence-corrected chi connectivity index (χ0v) is 13.9. The van der Waals surface area contributed by atoms with Gasteiger partial charge in [-0.15, -0.1) is 0 Å². The van der Waals surface area contributed by atoms with E-state index in [0.717, 1.165) is 0 Å². The van der Waals surface area contributed by atoms with Gasteiger partial charge >= 0.3 is 0 Å². The molecule has 0 aliphatic carbocycles. The molecule has 0 saturated heterocycles. The SMILES string of the molecule is CC(CBr)C(C)NS(=O)(=O)c1cc(Cl)ccc1Cl. The van der Waals surface area contributed by atoms with Crippen molar-refractivity contribution in [2.75, 3.05) is 5.33 Å². The molecule has 0 bridgehead atoms. The van der Waals surface area contributed by atoms with Gasteiger partial charge in [0.1, 0.15) is 4.90 Å². The largest absolute Gasteiger partial charge is 0.242 e. The summed E-state index contributed by atoms with van der Waals surface area (Å²) in [7, 11) is -3.66. The third kappa shape index (κ3) is 4.10. The highest BCUT2D eigenvalue weighted by molar-refractivity contribution is 9.09. The molecule has 0 aliphatic heterocycles. The van der Waals surface area contributed by atoms with Crippen LogP contribution < -0.4 is 4.72 Å². The second-order valence-corrected chi connectivity index (χ2v) is 7.29. The van der Waals surface area contributed by atoms with Crippen LogP contribution in [0.1, 0.15) is 13.8 Å². The van der Waals surface area contributed by atoms with Crippen LogP contribution >= 0.6 is 39.1 Å². The van der Waals surface area contributed by atoms with E-state index >= 15 is 0 Å². The van der Waals surface area contributed by atoms with Crippen molar-refractivity contribution in [2.24, 2.45) is 5.92 Å². The van der Waals surface area contributed by atoms with E-state index < -0.39 is 10.0 Å². The van der Waals surface area contributed by atoms with E-state index in [9.17, 15) is 8.42 Å². The number of alkyl halides is 1.